The number of hydrogen-bond donors (Lipinski definition) is 1. The summed E-state index contributed by atoms with van der Waals surface area (Å²) in [5.74, 6) is -0.139. The predicted molar refractivity (Wildman–Crippen MR) is 105 cm³/mol. The Bertz CT molecular complexity index is 881. The maximum absolute atomic E-state index is 12.5. The molecule has 0 unspecified atom stereocenters. The summed E-state index contributed by atoms with van der Waals surface area (Å²) < 4.78 is 12.5. The molecule has 0 aliphatic rings. The molecule has 0 saturated heterocycles. The second-order valence-electron chi connectivity index (χ2n) is 6.14. The first-order valence-corrected chi connectivity index (χ1v) is 9.23. The first kappa shape index (κ1) is 19.7. The van der Waals surface area contributed by atoms with Crippen LogP contribution >= 0.6 is 0 Å². The Morgan fingerprint density at radius 2 is 1.89 bits per heavy atom. The van der Waals surface area contributed by atoms with Gasteiger partial charge in [-0.25, -0.2) is 9.67 Å². The molecule has 0 atom stereocenters. The van der Waals surface area contributed by atoms with E-state index in [4.69, 9.17) is 9.47 Å². The lowest BCUT2D eigenvalue weighted by atomic mass is 10.1. The number of nitrogens with zero attached hydrogens (tertiary/aromatic N) is 3. The van der Waals surface area contributed by atoms with E-state index in [2.05, 4.69) is 15.4 Å². The molecule has 1 heterocycles. The first-order valence-electron chi connectivity index (χ1n) is 9.23. The van der Waals surface area contributed by atoms with Crippen molar-refractivity contribution in [3.63, 3.8) is 0 Å². The number of carbonyl (C=O) groups is 1. The molecule has 2 aromatic carbocycles. The fraction of sp³-hybridized carbons (Fsp3) is 0.286. The zero-order valence-electron chi connectivity index (χ0n) is 15.9. The highest BCUT2D eigenvalue weighted by molar-refractivity contribution is 5.94. The average molecular weight is 380 g/mol. The van der Waals surface area contributed by atoms with Crippen molar-refractivity contribution in [1.82, 2.24) is 20.1 Å². The summed E-state index contributed by atoms with van der Waals surface area (Å²) in [4.78, 5) is 16.4. The molecule has 1 amide bonds. The normalized spacial score (nSPS) is 10.8. The van der Waals surface area contributed by atoms with E-state index in [-0.39, 0.29) is 5.91 Å². The lowest BCUT2D eigenvalue weighted by Gasteiger charge is -2.09. The maximum Gasteiger partial charge on any atom is 0.251 e. The van der Waals surface area contributed by atoms with Gasteiger partial charge in [-0.05, 0) is 36.2 Å². The Labute approximate surface area is 164 Å². The minimum Gasteiger partial charge on any atom is -0.379 e. The third kappa shape index (κ3) is 5.73. The van der Waals surface area contributed by atoms with Gasteiger partial charge in [0.1, 0.15) is 12.7 Å². The van der Waals surface area contributed by atoms with Crippen molar-refractivity contribution in [2.75, 3.05) is 19.8 Å². The van der Waals surface area contributed by atoms with Gasteiger partial charge < -0.3 is 14.8 Å². The van der Waals surface area contributed by atoms with Crippen molar-refractivity contribution >= 4 is 5.91 Å². The number of carbonyl (C=O) groups excluding carboxylic acids is 1. The third-order valence-electron chi connectivity index (χ3n) is 4.08. The summed E-state index contributed by atoms with van der Waals surface area (Å²) in [6.45, 7) is 4.79. The van der Waals surface area contributed by atoms with Crippen molar-refractivity contribution in [1.29, 1.82) is 0 Å². The molecule has 0 aliphatic heterocycles. The van der Waals surface area contributed by atoms with Crippen LogP contribution in [0.5, 0.6) is 0 Å². The van der Waals surface area contributed by atoms with Gasteiger partial charge in [0.2, 0.25) is 0 Å². The molecule has 28 heavy (non-hydrogen) atoms. The van der Waals surface area contributed by atoms with Crippen molar-refractivity contribution in [3.8, 4) is 5.69 Å². The van der Waals surface area contributed by atoms with Crippen LogP contribution in [-0.2, 0) is 22.6 Å². The van der Waals surface area contributed by atoms with Gasteiger partial charge in [-0.15, -0.1) is 0 Å². The van der Waals surface area contributed by atoms with E-state index >= 15 is 0 Å². The predicted octanol–water partition coefficient (Wildman–Crippen LogP) is 2.75. The number of rotatable bonds is 10. The number of amides is 1. The van der Waals surface area contributed by atoms with Gasteiger partial charge in [-0.2, -0.15) is 5.10 Å². The molecule has 0 saturated carbocycles. The Morgan fingerprint density at radius 1 is 1.07 bits per heavy atom. The lowest BCUT2D eigenvalue weighted by molar-refractivity contribution is 0.0453. The van der Waals surface area contributed by atoms with Gasteiger partial charge in [-0.1, -0.05) is 30.3 Å². The van der Waals surface area contributed by atoms with Crippen LogP contribution in [0.3, 0.4) is 0 Å². The monoisotopic (exact) mass is 380 g/mol. The molecular formula is C21H24N4O3. The SMILES string of the molecule is CCOCCOCc1cccc(CNC(=O)c2cccc(-n3cncn3)c2)c1. The summed E-state index contributed by atoms with van der Waals surface area (Å²) >= 11 is 0. The van der Waals surface area contributed by atoms with Crippen LogP contribution in [0.15, 0.2) is 61.2 Å². The summed E-state index contributed by atoms with van der Waals surface area (Å²) in [6.07, 6.45) is 3.05. The van der Waals surface area contributed by atoms with Crippen LogP contribution in [0, 0.1) is 0 Å². The van der Waals surface area contributed by atoms with Gasteiger partial charge >= 0.3 is 0 Å². The summed E-state index contributed by atoms with van der Waals surface area (Å²) in [7, 11) is 0. The maximum atomic E-state index is 12.5. The Hall–Kier alpha value is -3.03. The second-order valence-corrected chi connectivity index (χ2v) is 6.14. The second kappa shape index (κ2) is 10.3. The van der Waals surface area contributed by atoms with Crippen LogP contribution in [0.1, 0.15) is 28.4 Å². The van der Waals surface area contributed by atoms with Crippen molar-refractivity contribution < 1.29 is 14.3 Å². The highest BCUT2D eigenvalue weighted by atomic mass is 16.5. The van der Waals surface area contributed by atoms with E-state index < -0.39 is 0 Å². The van der Waals surface area contributed by atoms with Gasteiger partial charge in [0.25, 0.3) is 5.91 Å². The topological polar surface area (TPSA) is 78.3 Å². The molecule has 1 N–H and O–H groups in total. The van der Waals surface area contributed by atoms with E-state index in [0.717, 1.165) is 16.8 Å². The molecule has 7 nitrogen and oxygen atoms in total. The van der Waals surface area contributed by atoms with Gasteiger partial charge in [-0.3, -0.25) is 4.79 Å². The van der Waals surface area contributed by atoms with E-state index in [9.17, 15) is 4.79 Å². The van der Waals surface area contributed by atoms with Gasteiger partial charge in [0, 0.05) is 18.7 Å². The standard InChI is InChI=1S/C21H24N4O3/c1-2-27-9-10-28-14-18-6-3-5-17(11-18)13-23-21(26)19-7-4-8-20(12-19)25-16-22-15-24-25/h3-8,11-12,15-16H,2,9-10,13-14H2,1H3,(H,23,26). The van der Waals surface area contributed by atoms with Crippen LogP contribution in [-0.4, -0.2) is 40.5 Å². The molecule has 3 rings (SSSR count). The third-order valence-corrected chi connectivity index (χ3v) is 4.08. The lowest BCUT2D eigenvalue weighted by Crippen LogP contribution is -2.23. The van der Waals surface area contributed by atoms with Crippen molar-refractivity contribution in [3.05, 3.63) is 77.9 Å². The van der Waals surface area contributed by atoms with E-state index in [1.807, 2.05) is 43.3 Å². The van der Waals surface area contributed by atoms with E-state index in [1.54, 1.807) is 23.1 Å². The number of benzene rings is 2. The average Bonchev–Trinajstić information content (AvgIpc) is 3.27. The van der Waals surface area contributed by atoms with Crippen LogP contribution in [0.4, 0.5) is 0 Å². The molecule has 146 valence electrons. The zero-order chi connectivity index (χ0) is 19.6. The summed E-state index contributed by atoms with van der Waals surface area (Å²) in [5.41, 5.74) is 3.45. The summed E-state index contributed by atoms with van der Waals surface area (Å²) in [6, 6.07) is 15.3. The molecule has 7 heteroatoms. The van der Waals surface area contributed by atoms with Gasteiger partial charge in [0.15, 0.2) is 0 Å². The molecule has 3 aromatic rings. The highest BCUT2D eigenvalue weighted by Crippen LogP contribution is 2.10. The van der Waals surface area contributed by atoms with E-state index in [0.29, 0.717) is 38.5 Å². The highest BCUT2D eigenvalue weighted by Gasteiger charge is 2.07. The summed E-state index contributed by atoms with van der Waals surface area (Å²) in [5, 5.41) is 7.04. The van der Waals surface area contributed by atoms with Gasteiger partial charge in [0.05, 0.1) is 25.5 Å². The van der Waals surface area contributed by atoms with Crippen LogP contribution < -0.4 is 5.32 Å². The fourth-order valence-corrected chi connectivity index (χ4v) is 2.70. The molecule has 1 aromatic heterocycles. The molecule has 0 fully saturated rings. The molecular weight excluding hydrogens is 356 g/mol. The Balaban J connectivity index is 1.53. The van der Waals surface area contributed by atoms with E-state index in [1.165, 1.54) is 6.33 Å². The zero-order valence-corrected chi connectivity index (χ0v) is 15.9. The largest absolute Gasteiger partial charge is 0.379 e. The number of aromatic nitrogens is 3. The smallest absolute Gasteiger partial charge is 0.251 e. The molecule has 0 bridgehead atoms. The Kier molecular flexibility index (Phi) is 7.29. The molecule has 0 aliphatic carbocycles. The first-order chi connectivity index (χ1) is 13.8. The number of ether oxygens (including phenoxy) is 2. The van der Waals surface area contributed by atoms with Crippen LogP contribution in [0.2, 0.25) is 0 Å². The quantitative estimate of drug-likeness (QED) is 0.547. The molecule has 0 spiro atoms. The molecule has 0 radical (unpaired) electrons. The minimum absolute atomic E-state index is 0.139. The fourth-order valence-electron chi connectivity index (χ4n) is 2.70. The van der Waals surface area contributed by atoms with Crippen molar-refractivity contribution in [2.24, 2.45) is 0 Å². The number of nitrogens with one attached hydrogen (secondary N) is 1. The Morgan fingerprint density at radius 3 is 2.71 bits per heavy atom. The minimum atomic E-state index is -0.139. The van der Waals surface area contributed by atoms with Crippen LogP contribution in [0.25, 0.3) is 5.69 Å². The number of hydrogen-bond acceptors (Lipinski definition) is 5. The van der Waals surface area contributed by atoms with Crippen molar-refractivity contribution in [2.45, 2.75) is 20.1 Å².